The van der Waals surface area contributed by atoms with E-state index in [2.05, 4.69) is 44.3 Å². The van der Waals surface area contributed by atoms with Crippen LogP contribution in [0.2, 0.25) is 0 Å². The number of piperazine rings is 1. The zero-order valence-electron chi connectivity index (χ0n) is 11.5. The number of hydrogen-bond donors (Lipinski definition) is 1. The van der Waals surface area contributed by atoms with Crippen LogP contribution in [0.1, 0.15) is 23.6 Å². The van der Waals surface area contributed by atoms with Crippen LogP contribution < -0.4 is 5.32 Å². The normalized spacial score (nSPS) is 19.9. The maximum absolute atomic E-state index is 12.3. The Balaban J connectivity index is 2.08. The monoisotopic (exact) mass is 246 g/mol. The Morgan fingerprint density at radius 2 is 2.22 bits per heavy atom. The summed E-state index contributed by atoms with van der Waals surface area (Å²) in [7, 11) is 0. The zero-order valence-corrected chi connectivity index (χ0v) is 11.5. The lowest BCUT2D eigenvalue weighted by molar-refractivity contribution is -0.133. The standard InChI is InChI=1S/C15H22N2O/c1-11-4-5-12(2)14(8-11)9-15(18)17-7-6-16-10-13(17)3/h4-5,8,13,16H,6-7,9-10H2,1-3H3. The number of carbonyl (C=O) groups is 1. The van der Waals surface area contributed by atoms with Gasteiger partial charge in [-0.3, -0.25) is 4.79 Å². The molecule has 1 fully saturated rings. The Bertz CT molecular complexity index is 442. The number of carbonyl (C=O) groups excluding carboxylic acids is 1. The van der Waals surface area contributed by atoms with Crippen LogP contribution in [0.4, 0.5) is 0 Å². The molecule has 98 valence electrons. The molecule has 1 unspecified atom stereocenters. The summed E-state index contributed by atoms with van der Waals surface area (Å²) in [5.74, 6) is 0.248. The van der Waals surface area contributed by atoms with Crippen molar-refractivity contribution in [3.8, 4) is 0 Å². The molecule has 1 amide bonds. The van der Waals surface area contributed by atoms with Crippen molar-refractivity contribution in [1.82, 2.24) is 10.2 Å². The second-order valence-electron chi connectivity index (χ2n) is 5.25. The van der Waals surface area contributed by atoms with E-state index in [1.165, 1.54) is 11.1 Å². The lowest BCUT2D eigenvalue weighted by Gasteiger charge is -2.34. The highest BCUT2D eigenvalue weighted by atomic mass is 16.2. The van der Waals surface area contributed by atoms with Crippen LogP contribution in [0, 0.1) is 13.8 Å². The summed E-state index contributed by atoms with van der Waals surface area (Å²) in [6.45, 7) is 8.88. The predicted octanol–water partition coefficient (Wildman–Crippen LogP) is 1.67. The smallest absolute Gasteiger partial charge is 0.227 e. The fourth-order valence-electron chi connectivity index (χ4n) is 2.47. The molecule has 1 N–H and O–H groups in total. The van der Waals surface area contributed by atoms with Gasteiger partial charge in [0.15, 0.2) is 0 Å². The van der Waals surface area contributed by atoms with Crippen molar-refractivity contribution in [2.75, 3.05) is 19.6 Å². The molecule has 1 heterocycles. The predicted molar refractivity (Wildman–Crippen MR) is 73.7 cm³/mol. The van der Waals surface area contributed by atoms with E-state index in [-0.39, 0.29) is 5.91 Å². The Hall–Kier alpha value is -1.35. The van der Waals surface area contributed by atoms with Crippen LogP contribution >= 0.6 is 0 Å². The molecule has 0 radical (unpaired) electrons. The van der Waals surface area contributed by atoms with Crippen molar-refractivity contribution >= 4 is 5.91 Å². The summed E-state index contributed by atoms with van der Waals surface area (Å²) in [6, 6.07) is 6.62. The van der Waals surface area contributed by atoms with Gasteiger partial charge in [-0.15, -0.1) is 0 Å². The number of rotatable bonds is 2. The van der Waals surface area contributed by atoms with Gasteiger partial charge in [0.1, 0.15) is 0 Å². The van der Waals surface area contributed by atoms with Crippen LogP contribution in [0.3, 0.4) is 0 Å². The lowest BCUT2D eigenvalue weighted by atomic mass is 10.0. The Kier molecular flexibility index (Phi) is 4.02. The highest BCUT2D eigenvalue weighted by molar-refractivity contribution is 5.79. The van der Waals surface area contributed by atoms with Gasteiger partial charge >= 0.3 is 0 Å². The molecule has 2 rings (SSSR count). The third kappa shape index (κ3) is 2.91. The van der Waals surface area contributed by atoms with E-state index in [0.717, 1.165) is 25.2 Å². The molecule has 0 saturated carbocycles. The molecule has 1 aromatic rings. The van der Waals surface area contributed by atoms with Gasteiger partial charge in [0.2, 0.25) is 5.91 Å². The molecule has 0 aromatic heterocycles. The van der Waals surface area contributed by atoms with E-state index in [0.29, 0.717) is 12.5 Å². The Labute approximate surface area is 109 Å². The van der Waals surface area contributed by atoms with Crippen LogP contribution in [0.5, 0.6) is 0 Å². The molecule has 1 atom stereocenters. The first kappa shape index (κ1) is 13.1. The van der Waals surface area contributed by atoms with Crippen LogP contribution in [0.15, 0.2) is 18.2 Å². The molecular formula is C15H22N2O. The number of hydrogen-bond acceptors (Lipinski definition) is 2. The van der Waals surface area contributed by atoms with Gasteiger partial charge in [-0.05, 0) is 31.9 Å². The minimum Gasteiger partial charge on any atom is -0.337 e. The number of nitrogens with zero attached hydrogens (tertiary/aromatic N) is 1. The van der Waals surface area contributed by atoms with Gasteiger partial charge in [0.05, 0.1) is 6.42 Å². The third-order valence-corrected chi connectivity index (χ3v) is 3.67. The molecule has 0 aliphatic carbocycles. The third-order valence-electron chi connectivity index (χ3n) is 3.67. The van der Waals surface area contributed by atoms with Crippen molar-refractivity contribution in [2.45, 2.75) is 33.2 Å². The van der Waals surface area contributed by atoms with Gasteiger partial charge in [-0.2, -0.15) is 0 Å². The quantitative estimate of drug-likeness (QED) is 0.861. The number of aryl methyl sites for hydroxylation is 2. The molecule has 1 aliphatic heterocycles. The van der Waals surface area contributed by atoms with Crippen molar-refractivity contribution in [3.63, 3.8) is 0 Å². The highest BCUT2D eigenvalue weighted by Gasteiger charge is 2.23. The summed E-state index contributed by atoms with van der Waals surface area (Å²) in [6.07, 6.45) is 0.526. The largest absolute Gasteiger partial charge is 0.337 e. The molecular weight excluding hydrogens is 224 g/mol. The van der Waals surface area contributed by atoms with Crippen molar-refractivity contribution in [1.29, 1.82) is 0 Å². The van der Waals surface area contributed by atoms with Gasteiger partial charge in [-0.25, -0.2) is 0 Å². The van der Waals surface area contributed by atoms with Crippen LogP contribution in [-0.2, 0) is 11.2 Å². The molecule has 1 saturated heterocycles. The second kappa shape index (κ2) is 5.53. The van der Waals surface area contributed by atoms with E-state index in [1.807, 2.05) is 4.90 Å². The minimum absolute atomic E-state index is 0.248. The van der Waals surface area contributed by atoms with Crippen molar-refractivity contribution < 1.29 is 4.79 Å². The fourth-order valence-corrected chi connectivity index (χ4v) is 2.47. The van der Waals surface area contributed by atoms with Crippen molar-refractivity contribution in [3.05, 3.63) is 34.9 Å². The Morgan fingerprint density at radius 3 is 2.94 bits per heavy atom. The van der Waals surface area contributed by atoms with Crippen LogP contribution in [0.25, 0.3) is 0 Å². The first-order chi connectivity index (χ1) is 8.58. The summed E-state index contributed by atoms with van der Waals surface area (Å²) in [5, 5.41) is 3.31. The molecule has 18 heavy (non-hydrogen) atoms. The maximum atomic E-state index is 12.3. The van der Waals surface area contributed by atoms with Gasteiger partial charge in [0, 0.05) is 25.7 Å². The highest BCUT2D eigenvalue weighted by Crippen LogP contribution is 2.14. The van der Waals surface area contributed by atoms with E-state index in [9.17, 15) is 4.79 Å². The molecule has 1 aliphatic rings. The fraction of sp³-hybridized carbons (Fsp3) is 0.533. The van der Waals surface area contributed by atoms with E-state index in [1.54, 1.807) is 0 Å². The van der Waals surface area contributed by atoms with Crippen molar-refractivity contribution in [2.24, 2.45) is 0 Å². The number of amides is 1. The van der Waals surface area contributed by atoms with Gasteiger partial charge in [-0.1, -0.05) is 23.8 Å². The van der Waals surface area contributed by atoms with E-state index >= 15 is 0 Å². The average Bonchev–Trinajstić information content (AvgIpc) is 2.34. The second-order valence-corrected chi connectivity index (χ2v) is 5.25. The average molecular weight is 246 g/mol. The van der Waals surface area contributed by atoms with E-state index < -0.39 is 0 Å². The Morgan fingerprint density at radius 1 is 1.44 bits per heavy atom. The summed E-state index contributed by atoms with van der Waals surface area (Å²) < 4.78 is 0. The summed E-state index contributed by atoms with van der Waals surface area (Å²) in [5.41, 5.74) is 3.58. The topological polar surface area (TPSA) is 32.3 Å². The van der Waals surface area contributed by atoms with Gasteiger partial charge < -0.3 is 10.2 Å². The SMILES string of the molecule is Cc1ccc(C)c(CC(=O)N2CCNCC2C)c1. The number of nitrogens with one attached hydrogen (secondary N) is 1. The van der Waals surface area contributed by atoms with E-state index in [4.69, 9.17) is 0 Å². The zero-order chi connectivity index (χ0) is 13.1. The molecule has 3 nitrogen and oxygen atoms in total. The number of benzene rings is 1. The first-order valence-corrected chi connectivity index (χ1v) is 6.64. The van der Waals surface area contributed by atoms with Gasteiger partial charge in [0.25, 0.3) is 0 Å². The molecule has 0 spiro atoms. The summed E-state index contributed by atoms with van der Waals surface area (Å²) in [4.78, 5) is 14.3. The lowest BCUT2D eigenvalue weighted by Crippen LogP contribution is -2.52. The molecule has 1 aromatic carbocycles. The molecule has 3 heteroatoms. The minimum atomic E-state index is 0.248. The molecule has 0 bridgehead atoms. The first-order valence-electron chi connectivity index (χ1n) is 6.64. The maximum Gasteiger partial charge on any atom is 0.227 e. The van der Waals surface area contributed by atoms with Crippen LogP contribution in [-0.4, -0.2) is 36.5 Å². The summed E-state index contributed by atoms with van der Waals surface area (Å²) >= 11 is 0.